The lowest BCUT2D eigenvalue weighted by Gasteiger charge is -2.19. The Balaban J connectivity index is 0.000000139. The van der Waals surface area contributed by atoms with E-state index in [0.29, 0.717) is 0 Å². The minimum atomic E-state index is 0.288. The van der Waals surface area contributed by atoms with Crippen LogP contribution < -0.4 is 4.74 Å². The van der Waals surface area contributed by atoms with Crippen molar-refractivity contribution in [3.05, 3.63) is 255 Å². The molecule has 0 saturated carbocycles. The zero-order valence-electron chi connectivity index (χ0n) is 39.1. The molecule has 0 spiro atoms. The number of phenols is 1. The van der Waals surface area contributed by atoms with E-state index in [-0.39, 0.29) is 5.75 Å². The molecule has 14 aromatic carbocycles. The number of ether oxygens (including phenoxy) is 1. The first-order chi connectivity index (χ1) is 35.1. The molecule has 0 heterocycles. The maximum Gasteiger partial charge on any atom is 0.119 e. The lowest BCUT2D eigenvalue weighted by molar-refractivity contribution is 0.415. The molecule has 0 amide bonds. The van der Waals surface area contributed by atoms with Crippen molar-refractivity contribution in [3.8, 4) is 56.0 Å². The first-order valence-corrected chi connectivity index (χ1v) is 24.2. The molecule has 0 aliphatic heterocycles. The quantitative estimate of drug-likeness (QED) is 0.174. The van der Waals surface area contributed by atoms with Crippen molar-refractivity contribution in [1.29, 1.82) is 0 Å². The molecule has 0 unspecified atom stereocenters. The molecule has 334 valence electrons. The average Bonchev–Trinajstić information content (AvgIpc) is 3.43. The number of aromatic hydroxyl groups is 1. The number of methoxy groups -OCH3 is 1. The highest BCUT2D eigenvalue weighted by Gasteiger charge is 2.20. The first-order valence-electron chi connectivity index (χ1n) is 24.2. The number of phenolic OH excluding ortho intramolecular Hbond substituents is 1. The van der Waals surface area contributed by atoms with Crippen LogP contribution in [-0.2, 0) is 0 Å². The third kappa shape index (κ3) is 7.19. The van der Waals surface area contributed by atoms with Crippen LogP contribution in [0, 0.1) is 0 Å². The Morgan fingerprint density at radius 3 is 1.01 bits per heavy atom. The summed E-state index contributed by atoms with van der Waals surface area (Å²) in [6.45, 7) is 0. The van der Waals surface area contributed by atoms with Gasteiger partial charge in [-0.1, -0.05) is 218 Å². The van der Waals surface area contributed by atoms with Crippen molar-refractivity contribution in [2.24, 2.45) is 0 Å². The molecule has 2 nitrogen and oxygen atoms in total. The summed E-state index contributed by atoms with van der Waals surface area (Å²) in [5, 5.41) is 29.7. The fraction of sp³-hybridized carbons (Fsp3) is 0.0145. The second kappa shape index (κ2) is 17.4. The zero-order chi connectivity index (χ0) is 47.4. The van der Waals surface area contributed by atoms with Crippen molar-refractivity contribution < 1.29 is 9.84 Å². The lowest BCUT2D eigenvalue weighted by atomic mass is 9.84. The summed E-state index contributed by atoms with van der Waals surface area (Å²) >= 11 is 0. The monoisotopic (exact) mass is 906 g/mol. The van der Waals surface area contributed by atoms with Crippen LogP contribution in [0.4, 0.5) is 0 Å². The molecular formula is C69H46O2. The molecule has 0 aromatic heterocycles. The summed E-state index contributed by atoms with van der Waals surface area (Å²) in [6.07, 6.45) is 0. The highest BCUT2D eigenvalue weighted by atomic mass is 16.5. The summed E-state index contributed by atoms with van der Waals surface area (Å²) in [5.74, 6) is 1.16. The number of hydrogen-bond acceptors (Lipinski definition) is 2. The van der Waals surface area contributed by atoms with Crippen LogP contribution in [0.1, 0.15) is 0 Å². The van der Waals surface area contributed by atoms with Crippen molar-refractivity contribution in [2.45, 2.75) is 0 Å². The number of benzene rings is 14. The van der Waals surface area contributed by atoms with E-state index in [0.717, 1.165) is 22.1 Å². The highest BCUT2D eigenvalue weighted by molar-refractivity contribution is 6.25. The molecule has 0 aliphatic rings. The van der Waals surface area contributed by atoms with Gasteiger partial charge in [-0.25, -0.2) is 0 Å². The van der Waals surface area contributed by atoms with E-state index in [4.69, 9.17) is 4.74 Å². The van der Waals surface area contributed by atoms with Gasteiger partial charge < -0.3 is 9.84 Å². The molecule has 0 atom stereocenters. The standard InChI is InChI=1S/C35H24O.C34H22O/c1-36-27-20-19-23-17-18-25(21-26(23)22-27)34-30-12-4-6-14-32(30)35(33-15-7-5-13-31(33)34)29-16-8-10-24-9-2-3-11-28(24)29;35-26-19-18-22-16-17-24(20-25(22)21-26)33-29-11-3-5-13-31(29)34(32-14-6-4-12-30(32)33)28-15-7-9-23-8-1-2-10-27(23)28/h2-22H,1H3;1-21,35H. The molecule has 1 N–H and O–H groups in total. The highest BCUT2D eigenvalue weighted by Crippen LogP contribution is 2.47. The Bertz CT molecular complexity index is 4290. The Hall–Kier alpha value is -9.24. The van der Waals surface area contributed by atoms with E-state index in [1.165, 1.54) is 114 Å². The van der Waals surface area contributed by atoms with Gasteiger partial charge in [-0.05, 0) is 167 Å². The minimum Gasteiger partial charge on any atom is -0.508 e. The topological polar surface area (TPSA) is 29.5 Å². The Kier molecular flexibility index (Phi) is 10.3. The molecule has 0 fully saturated rings. The number of hydrogen-bond donors (Lipinski definition) is 1. The predicted octanol–water partition coefficient (Wildman–Crippen LogP) is 19.0. The average molecular weight is 907 g/mol. The van der Waals surface area contributed by atoms with Crippen LogP contribution in [0.15, 0.2) is 255 Å². The predicted molar refractivity (Wildman–Crippen MR) is 303 cm³/mol. The van der Waals surface area contributed by atoms with Crippen molar-refractivity contribution >= 4 is 86.2 Å². The number of fused-ring (bicyclic) bond motifs is 8. The smallest absolute Gasteiger partial charge is 0.119 e. The summed E-state index contributed by atoms with van der Waals surface area (Å²) < 4.78 is 5.51. The summed E-state index contributed by atoms with van der Waals surface area (Å²) in [6, 6.07) is 90.8. The minimum absolute atomic E-state index is 0.288. The van der Waals surface area contributed by atoms with Crippen molar-refractivity contribution in [1.82, 2.24) is 0 Å². The van der Waals surface area contributed by atoms with Crippen LogP contribution in [0.3, 0.4) is 0 Å². The van der Waals surface area contributed by atoms with Gasteiger partial charge in [0.2, 0.25) is 0 Å². The fourth-order valence-corrected chi connectivity index (χ4v) is 11.2. The van der Waals surface area contributed by atoms with Gasteiger partial charge in [0.1, 0.15) is 11.5 Å². The fourth-order valence-electron chi connectivity index (χ4n) is 11.2. The Labute approximate surface area is 411 Å². The third-order valence-electron chi connectivity index (χ3n) is 14.4. The molecule has 14 aromatic rings. The van der Waals surface area contributed by atoms with E-state index in [1.54, 1.807) is 13.2 Å². The van der Waals surface area contributed by atoms with Crippen molar-refractivity contribution in [3.63, 3.8) is 0 Å². The zero-order valence-corrected chi connectivity index (χ0v) is 39.1. The Morgan fingerprint density at radius 1 is 0.254 bits per heavy atom. The Morgan fingerprint density at radius 2 is 0.592 bits per heavy atom. The normalized spacial score (nSPS) is 11.5. The molecule has 0 radical (unpaired) electrons. The maximum atomic E-state index is 10.1. The second-order valence-electron chi connectivity index (χ2n) is 18.4. The van der Waals surface area contributed by atoms with E-state index in [9.17, 15) is 5.11 Å². The van der Waals surface area contributed by atoms with E-state index in [1.807, 2.05) is 18.2 Å². The molecular weight excluding hydrogens is 861 g/mol. The summed E-state index contributed by atoms with van der Waals surface area (Å²) in [4.78, 5) is 0. The van der Waals surface area contributed by atoms with Crippen LogP contribution >= 0.6 is 0 Å². The molecule has 0 aliphatic carbocycles. The van der Waals surface area contributed by atoms with Gasteiger partial charge in [-0.3, -0.25) is 0 Å². The molecule has 2 heteroatoms. The lowest BCUT2D eigenvalue weighted by Crippen LogP contribution is -1.91. The van der Waals surface area contributed by atoms with E-state index >= 15 is 0 Å². The summed E-state index contributed by atoms with van der Waals surface area (Å²) in [7, 11) is 1.72. The largest absolute Gasteiger partial charge is 0.508 e. The molecule has 71 heavy (non-hydrogen) atoms. The first kappa shape index (κ1) is 41.9. The van der Waals surface area contributed by atoms with Gasteiger partial charge in [0.25, 0.3) is 0 Å². The second-order valence-corrected chi connectivity index (χ2v) is 18.4. The summed E-state index contributed by atoms with van der Waals surface area (Å²) in [5.41, 5.74) is 9.97. The molecule has 0 bridgehead atoms. The van der Waals surface area contributed by atoms with Crippen LogP contribution in [0.25, 0.3) is 131 Å². The van der Waals surface area contributed by atoms with Gasteiger partial charge in [-0.15, -0.1) is 0 Å². The van der Waals surface area contributed by atoms with Gasteiger partial charge in [0.15, 0.2) is 0 Å². The number of rotatable bonds is 5. The molecule has 0 saturated heterocycles. The van der Waals surface area contributed by atoms with E-state index < -0.39 is 0 Å². The van der Waals surface area contributed by atoms with Crippen molar-refractivity contribution in [2.75, 3.05) is 7.11 Å². The van der Waals surface area contributed by atoms with Crippen LogP contribution in [0.2, 0.25) is 0 Å². The van der Waals surface area contributed by atoms with Gasteiger partial charge in [-0.2, -0.15) is 0 Å². The maximum absolute atomic E-state index is 10.1. The van der Waals surface area contributed by atoms with Gasteiger partial charge >= 0.3 is 0 Å². The van der Waals surface area contributed by atoms with Gasteiger partial charge in [0, 0.05) is 0 Å². The third-order valence-corrected chi connectivity index (χ3v) is 14.4. The van der Waals surface area contributed by atoms with E-state index in [2.05, 4.69) is 231 Å². The molecule has 14 rings (SSSR count). The van der Waals surface area contributed by atoms with Gasteiger partial charge in [0.05, 0.1) is 7.11 Å². The van der Waals surface area contributed by atoms with Crippen LogP contribution in [0.5, 0.6) is 11.5 Å². The SMILES string of the molecule is COc1ccc2ccc(-c3c4ccccc4c(-c4cccc5ccccc45)c4ccccc34)cc2c1.Oc1ccc2ccc(-c3c4ccccc4c(-c4cccc5ccccc45)c4ccccc34)cc2c1. The van der Waals surface area contributed by atoms with Crippen LogP contribution in [-0.4, -0.2) is 12.2 Å².